The summed E-state index contributed by atoms with van der Waals surface area (Å²) in [6, 6.07) is 18.2. The van der Waals surface area contributed by atoms with Crippen molar-refractivity contribution >= 4 is 11.8 Å². The molecular weight excluding hydrogens is 442 g/mol. The van der Waals surface area contributed by atoms with Gasteiger partial charge in [0.15, 0.2) is 0 Å². The largest absolute Gasteiger partial charge is 0.491 e. The third kappa shape index (κ3) is 12.9. The lowest BCUT2D eigenvalue weighted by Crippen LogP contribution is -2.35. The SMILES string of the molecule is CC(C)NC[C@H](O)COc1ccccc1CCCC(=O)NCCNC(=O)CCCc1ccccc1. The van der Waals surface area contributed by atoms with Gasteiger partial charge in [0.25, 0.3) is 0 Å². The number of hydrogen-bond acceptors (Lipinski definition) is 5. The van der Waals surface area contributed by atoms with Gasteiger partial charge in [-0.15, -0.1) is 0 Å². The fourth-order valence-electron chi connectivity index (χ4n) is 3.59. The number of carbonyl (C=O) groups is 2. The standard InChI is InChI=1S/C28H41N3O4/c1-22(2)31-20-25(32)21-35-26-15-7-6-13-24(26)14-9-17-28(34)30-19-18-29-27(33)16-8-12-23-10-4-3-5-11-23/h3-7,10-11,13,15,22,25,31-32H,8-9,12,14,16-21H2,1-2H3,(H,29,33)(H,30,34)/t25-/m0/s1. The highest BCUT2D eigenvalue weighted by molar-refractivity contribution is 5.77. The summed E-state index contributed by atoms with van der Waals surface area (Å²) >= 11 is 0. The summed E-state index contributed by atoms with van der Waals surface area (Å²) in [5, 5.41) is 19.0. The number of carbonyl (C=O) groups excluding carboxylic acids is 2. The molecule has 7 heteroatoms. The molecule has 0 aromatic heterocycles. The minimum atomic E-state index is -0.583. The topological polar surface area (TPSA) is 99.7 Å². The number of nitrogens with one attached hydrogen (secondary N) is 3. The van der Waals surface area contributed by atoms with Crippen molar-refractivity contribution in [2.24, 2.45) is 0 Å². The van der Waals surface area contributed by atoms with E-state index in [-0.39, 0.29) is 18.4 Å². The zero-order valence-electron chi connectivity index (χ0n) is 21.1. The first kappa shape index (κ1) is 28.3. The van der Waals surface area contributed by atoms with Crippen LogP contribution in [-0.4, -0.2) is 55.3 Å². The Bertz CT molecular complexity index is 874. The average molecular weight is 484 g/mol. The number of ether oxygens (including phenoxy) is 1. The summed E-state index contributed by atoms with van der Waals surface area (Å²) in [5.41, 5.74) is 2.25. The van der Waals surface area contributed by atoms with Crippen molar-refractivity contribution < 1.29 is 19.4 Å². The van der Waals surface area contributed by atoms with Crippen molar-refractivity contribution in [3.8, 4) is 5.75 Å². The fourth-order valence-corrected chi connectivity index (χ4v) is 3.59. The van der Waals surface area contributed by atoms with E-state index in [2.05, 4.69) is 28.1 Å². The maximum atomic E-state index is 12.1. The smallest absolute Gasteiger partial charge is 0.220 e. The zero-order valence-corrected chi connectivity index (χ0v) is 21.1. The van der Waals surface area contributed by atoms with E-state index in [1.54, 1.807) is 0 Å². The molecule has 0 bridgehead atoms. The first-order valence-electron chi connectivity index (χ1n) is 12.6. The Hall–Kier alpha value is -2.90. The molecule has 2 rings (SSSR count). The molecule has 0 aliphatic carbocycles. The van der Waals surface area contributed by atoms with Crippen molar-refractivity contribution in [1.82, 2.24) is 16.0 Å². The Morgan fingerprint density at radius 1 is 0.857 bits per heavy atom. The summed E-state index contributed by atoms with van der Waals surface area (Å²) < 4.78 is 5.81. The van der Waals surface area contributed by atoms with Gasteiger partial charge in [-0.2, -0.15) is 0 Å². The van der Waals surface area contributed by atoms with E-state index in [0.29, 0.717) is 51.4 Å². The molecule has 2 aromatic carbocycles. The lowest BCUT2D eigenvalue weighted by molar-refractivity contribution is -0.123. The van der Waals surface area contributed by atoms with E-state index >= 15 is 0 Å². The van der Waals surface area contributed by atoms with Crippen LogP contribution in [0, 0.1) is 0 Å². The van der Waals surface area contributed by atoms with Crippen molar-refractivity contribution in [3.63, 3.8) is 0 Å². The van der Waals surface area contributed by atoms with Gasteiger partial charge in [-0.1, -0.05) is 62.4 Å². The second kappa shape index (κ2) is 16.7. The van der Waals surface area contributed by atoms with Crippen LogP contribution >= 0.6 is 0 Å². The maximum absolute atomic E-state index is 12.1. The van der Waals surface area contributed by atoms with Crippen LogP contribution in [-0.2, 0) is 22.4 Å². The summed E-state index contributed by atoms with van der Waals surface area (Å²) in [4.78, 5) is 24.1. The molecule has 0 aliphatic heterocycles. The van der Waals surface area contributed by atoms with E-state index < -0.39 is 6.10 Å². The summed E-state index contributed by atoms with van der Waals surface area (Å²) in [6.45, 7) is 5.61. The number of aliphatic hydroxyl groups is 1. The molecule has 0 spiro atoms. The number of rotatable bonds is 17. The molecule has 0 heterocycles. The number of aryl methyl sites for hydroxylation is 2. The monoisotopic (exact) mass is 483 g/mol. The van der Waals surface area contributed by atoms with Crippen molar-refractivity contribution in [1.29, 1.82) is 0 Å². The van der Waals surface area contributed by atoms with E-state index in [4.69, 9.17) is 4.74 Å². The van der Waals surface area contributed by atoms with E-state index in [9.17, 15) is 14.7 Å². The van der Waals surface area contributed by atoms with Gasteiger partial charge in [-0.3, -0.25) is 9.59 Å². The van der Waals surface area contributed by atoms with E-state index in [0.717, 1.165) is 24.2 Å². The number of para-hydroxylation sites is 1. The molecule has 0 saturated heterocycles. The second-order valence-electron chi connectivity index (χ2n) is 9.03. The molecule has 0 saturated carbocycles. The molecule has 2 aromatic rings. The molecule has 0 fully saturated rings. The average Bonchev–Trinajstić information content (AvgIpc) is 2.85. The molecule has 2 amide bonds. The van der Waals surface area contributed by atoms with E-state index in [1.165, 1.54) is 5.56 Å². The Morgan fingerprint density at radius 2 is 1.46 bits per heavy atom. The van der Waals surface area contributed by atoms with Crippen LogP contribution in [0.3, 0.4) is 0 Å². The number of hydrogen-bond donors (Lipinski definition) is 4. The molecule has 192 valence electrons. The number of amides is 2. The highest BCUT2D eigenvalue weighted by Gasteiger charge is 2.10. The van der Waals surface area contributed by atoms with Gasteiger partial charge in [0, 0.05) is 38.5 Å². The third-order valence-electron chi connectivity index (χ3n) is 5.50. The molecule has 35 heavy (non-hydrogen) atoms. The van der Waals surface area contributed by atoms with Crippen LogP contribution < -0.4 is 20.7 Å². The van der Waals surface area contributed by atoms with Crippen LogP contribution in [0.5, 0.6) is 5.75 Å². The lowest BCUT2D eigenvalue weighted by atomic mass is 10.1. The highest BCUT2D eigenvalue weighted by Crippen LogP contribution is 2.20. The predicted molar refractivity (Wildman–Crippen MR) is 139 cm³/mol. The lowest BCUT2D eigenvalue weighted by Gasteiger charge is -2.16. The number of benzene rings is 2. The minimum Gasteiger partial charge on any atom is -0.491 e. The van der Waals surface area contributed by atoms with Crippen molar-refractivity contribution in [2.75, 3.05) is 26.2 Å². The van der Waals surface area contributed by atoms with E-state index in [1.807, 2.05) is 56.3 Å². The van der Waals surface area contributed by atoms with Crippen LogP contribution in [0.25, 0.3) is 0 Å². The van der Waals surface area contributed by atoms with Crippen molar-refractivity contribution in [2.45, 2.75) is 64.5 Å². The minimum absolute atomic E-state index is 0.0110. The molecule has 7 nitrogen and oxygen atoms in total. The second-order valence-corrected chi connectivity index (χ2v) is 9.03. The van der Waals surface area contributed by atoms with Crippen LogP contribution in [0.4, 0.5) is 0 Å². The molecule has 1 atom stereocenters. The molecule has 4 N–H and O–H groups in total. The molecule has 0 aliphatic rings. The summed E-state index contributed by atoms with van der Waals surface area (Å²) in [7, 11) is 0. The van der Waals surface area contributed by atoms with Crippen LogP contribution in [0.2, 0.25) is 0 Å². The number of aliphatic hydroxyl groups excluding tert-OH is 1. The van der Waals surface area contributed by atoms with Crippen LogP contribution in [0.15, 0.2) is 54.6 Å². The maximum Gasteiger partial charge on any atom is 0.220 e. The third-order valence-corrected chi connectivity index (χ3v) is 5.50. The van der Waals surface area contributed by atoms with Gasteiger partial charge in [0.05, 0.1) is 0 Å². The first-order chi connectivity index (χ1) is 16.9. The first-order valence-corrected chi connectivity index (χ1v) is 12.6. The quantitative estimate of drug-likeness (QED) is 0.259. The predicted octanol–water partition coefficient (Wildman–Crippen LogP) is 3.00. The fraction of sp³-hybridized carbons (Fsp3) is 0.500. The normalized spacial score (nSPS) is 11.8. The highest BCUT2D eigenvalue weighted by atomic mass is 16.5. The Labute approximate surface area is 209 Å². The Morgan fingerprint density at radius 3 is 2.11 bits per heavy atom. The molecular formula is C28H41N3O4. The van der Waals surface area contributed by atoms with Gasteiger partial charge in [0.1, 0.15) is 18.5 Å². The summed E-state index contributed by atoms with van der Waals surface area (Å²) in [5.74, 6) is 0.722. The molecule has 0 radical (unpaired) electrons. The van der Waals surface area contributed by atoms with Gasteiger partial charge in [-0.05, 0) is 42.9 Å². The van der Waals surface area contributed by atoms with Gasteiger partial charge in [-0.25, -0.2) is 0 Å². The summed E-state index contributed by atoms with van der Waals surface area (Å²) in [6.07, 6.45) is 3.39. The van der Waals surface area contributed by atoms with Crippen molar-refractivity contribution in [3.05, 3.63) is 65.7 Å². The van der Waals surface area contributed by atoms with Gasteiger partial charge < -0.3 is 25.8 Å². The van der Waals surface area contributed by atoms with Gasteiger partial charge >= 0.3 is 0 Å². The Balaban J connectivity index is 1.56. The Kier molecular flexibility index (Phi) is 13.5. The molecule has 0 unspecified atom stereocenters. The van der Waals surface area contributed by atoms with Crippen LogP contribution in [0.1, 0.15) is 50.7 Å². The zero-order chi connectivity index (χ0) is 25.3. The van der Waals surface area contributed by atoms with Gasteiger partial charge in [0.2, 0.25) is 11.8 Å².